The molecular formula is C15H30N2O3. The second kappa shape index (κ2) is 8.60. The number of likely N-dealkylation sites (N-methyl/N-ethyl adjacent to an activating group) is 2. The Morgan fingerprint density at radius 2 is 2.00 bits per heavy atom. The maximum Gasteiger partial charge on any atom is 0.327 e. The van der Waals surface area contributed by atoms with Gasteiger partial charge in [-0.3, -0.25) is 4.90 Å². The van der Waals surface area contributed by atoms with Gasteiger partial charge in [-0.1, -0.05) is 6.92 Å². The van der Waals surface area contributed by atoms with Crippen molar-refractivity contribution >= 4 is 5.97 Å². The number of nitrogens with one attached hydrogen (secondary N) is 1. The molecule has 1 fully saturated rings. The highest BCUT2D eigenvalue weighted by molar-refractivity contribution is 5.82. The van der Waals surface area contributed by atoms with Gasteiger partial charge in [0.25, 0.3) is 0 Å². The number of nitrogens with zero attached hydrogens (tertiary/aromatic N) is 1. The standard InChI is InChI=1S/C15H30N2O3/c1-5-17(10-11-19-6-2)12-15(16-4,13-8-9-13)14(18)20-7-3/h13,16H,5-12H2,1-4H3. The van der Waals surface area contributed by atoms with Gasteiger partial charge in [-0.15, -0.1) is 0 Å². The third-order valence-corrected chi connectivity index (χ3v) is 4.04. The predicted octanol–water partition coefficient (Wildman–Crippen LogP) is 1.28. The number of rotatable bonds is 11. The molecule has 5 nitrogen and oxygen atoms in total. The highest BCUT2D eigenvalue weighted by Gasteiger charge is 2.51. The number of carbonyl (C=O) groups excluding carboxylic acids is 1. The molecule has 1 saturated carbocycles. The number of carbonyl (C=O) groups is 1. The molecule has 1 atom stereocenters. The van der Waals surface area contributed by atoms with Crippen LogP contribution in [0.1, 0.15) is 33.6 Å². The molecule has 0 aromatic carbocycles. The van der Waals surface area contributed by atoms with Crippen LogP contribution in [-0.2, 0) is 14.3 Å². The molecule has 1 aliphatic carbocycles. The quantitative estimate of drug-likeness (QED) is 0.458. The third kappa shape index (κ3) is 4.43. The van der Waals surface area contributed by atoms with Crippen molar-refractivity contribution in [1.29, 1.82) is 0 Å². The zero-order valence-corrected chi connectivity index (χ0v) is 13.4. The summed E-state index contributed by atoms with van der Waals surface area (Å²) in [7, 11) is 1.87. The van der Waals surface area contributed by atoms with Gasteiger partial charge in [0.2, 0.25) is 0 Å². The van der Waals surface area contributed by atoms with E-state index in [1.165, 1.54) is 0 Å². The van der Waals surface area contributed by atoms with E-state index in [0.717, 1.165) is 32.5 Å². The fourth-order valence-electron chi connectivity index (χ4n) is 2.62. The van der Waals surface area contributed by atoms with Gasteiger partial charge in [-0.05, 0) is 46.2 Å². The van der Waals surface area contributed by atoms with Crippen LogP contribution >= 0.6 is 0 Å². The summed E-state index contributed by atoms with van der Waals surface area (Å²) in [5.74, 6) is 0.285. The molecule has 0 bridgehead atoms. The van der Waals surface area contributed by atoms with Crippen molar-refractivity contribution in [1.82, 2.24) is 10.2 Å². The second-order valence-corrected chi connectivity index (χ2v) is 5.28. The molecule has 0 spiro atoms. The summed E-state index contributed by atoms with van der Waals surface area (Å²) in [6.07, 6.45) is 2.20. The van der Waals surface area contributed by atoms with E-state index < -0.39 is 5.54 Å². The first kappa shape index (κ1) is 17.4. The summed E-state index contributed by atoms with van der Waals surface area (Å²) >= 11 is 0. The molecule has 0 amide bonds. The topological polar surface area (TPSA) is 50.8 Å². The van der Waals surface area contributed by atoms with Gasteiger partial charge in [-0.2, -0.15) is 0 Å². The fourth-order valence-corrected chi connectivity index (χ4v) is 2.62. The van der Waals surface area contributed by atoms with E-state index >= 15 is 0 Å². The van der Waals surface area contributed by atoms with Crippen LogP contribution in [0.2, 0.25) is 0 Å². The van der Waals surface area contributed by atoms with Crippen molar-refractivity contribution < 1.29 is 14.3 Å². The van der Waals surface area contributed by atoms with E-state index in [0.29, 0.717) is 25.7 Å². The van der Waals surface area contributed by atoms with Crippen molar-refractivity contribution in [2.75, 3.05) is 46.5 Å². The number of esters is 1. The summed E-state index contributed by atoms with van der Waals surface area (Å²) in [4.78, 5) is 14.7. The van der Waals surface area contributed by atoms with Crippen molar-refractivity contribution in [2.24, 2.45) is 5.92 Å². The first-order chi connectivity index (χ1) is 9.64. The molecule has 1 N–H and O–H groups in total. The molecule has 0 aromatic rings. The Balaban J connectivity index is 2.69. The lowest BCUT2D eigenvalue weighted by Gasteiger charge is -2.36. The largest absolute Gasteiger partial charge is 0.465 e. The maximum atomic E-state index is 12.4. The first-order valence-corrected chi connectivity index (χ1v) is 7.80. The Labute approximate surface area is 123 Å². The third-order valence-electron chi connectivity index (χ3n) is 4.04. The molecule has 118 valence electrons. The molecule has 5 heteroatoms. The van der Waals surface area contributed by atoms with E-state index in [1.54, 1.807) is 0 Å². The summed E-state index contributed by atoms with van der Waals surface area (Å²) < 4.78 is 10.7. The lowest BCUT2D eigenvalue weighted by molar-refractivity contribution is -0.153. The van der Waals surface area contributed by atoms with Gasteiger partial charge < -0.3 is 14.8 Å². The maximum absolute atomic E-state index is 12.4. The average Bonchev–Trinajstić information content (AvgIpc) is 3.28. The normalized spacial score (nSPS) is 18.1. The van der Waals surface area contributed by atoms with Crippen molar-refractivity contribution in [3.8, 4) is 0 Å². The summed E-state index contributed by atoms with van der Waals surface area (Å²) in [6, 6.07) is 0. The summed E-state index contributed by atoms with van der Waals surface area (Å²) in [5.41, 5.74) is -0.557. The lowest BCUT2D eigenvalue weighted by Crippen LogP contribution is -2.60. The van der Waals surface area contributed by atoms with E-state index in [2.05, 4.69) is 17.1 Å². The van der Waals surface area contributed by atoms with Gasteiger partial charge in [0, 0.05) is 19.7 Å². The van der Waals surface area contributed by atoms with E-state index in [-0.39, 0.29) is 5.97 Å². The van der Waals surface area contributed by atoms with E-state index in [4.69, 9.17) is 9.47 Å². The molecule has 1 unspecified atom stereocenters. The van der Waals surface area contributed by atoms with Crippen LogP contribution in [0, 0.1) is 5.92 Å². The molecule has 0 heterocycles. The van der Waals surface area contributed by atoms with Crippen molar-refractivity contribution in [3.05, 3.63) is 0 Å². The molecule has 0 saturated heterocycles. The Kier molecular flexibility index (Phi) is 7.48. The first-order valence-electron chi connectivity index (χ1n) is 7.80. The van der Waals surface area contributed by atoms with E-state index in [1.807, 2.05) is 20.9 Å². The summed E-state index contributed by atoms with van der Waals surface area (Å²) in [6.45, 7) is 10.3. The number of ether oxygens (including phenoxy) is 2. The highest BCUT2D eigenvalue weighted by atomic mass is 16.5. The van der Waals surface area contributed by atoms with Crippen molar-refractivity contribution in [3.63, 3.8) is 0 Å². The molecule has 0 radical (unpaired) electrons. The minimum absolute atomic E-state index is 0.111. The monoisotopic (exact) mass is 286 g/mol. The van der Waals surface area contributed by atoms with Crippen LogP contribution in [0.15, 0.2) is 0 Å². The van der Waals surface area contributed by atoms with Crippen molar-refractivity contribution in [2.45, 2.75) is 39.2 Å². The van der Waals surface area contributed by atoms with Gasteiger partial charge in [0.1, 0.15) is 5.54 Å². The zero-order chi connectivity index (χ0) is 15.0. The highest BCUT2D eigenvalue weighted by Crippen LogP contribution is 2.40. The zero-order valence-electron chi connectivity index (χ0n) is 13.4. The minimum atomic E-state index is -0.557. The Bertz CT molecular complexity index is 295. The van der Waals surface area contributed by atoms with Crippen LogP contribution < -0.4 is 5.32 Å². The molecule has 0 aromatic heterocycles. The van der Waals surface area contributed by atoms with Gasteiger partial charge in [0.05, 0.1) is 13.2 Å². The number of hydrogen-bond acceptors (Lipinski definition) is 5. The van der Waals surface area contributed by atoms with Gasteiger partial charge in [-0.25, -0.2) is 4.79 Å². The molecule has 1 aliphatic rings. The Morgan fingerprint density at radius 3 is 2.45 bits per heavy atom. The SMILES string of the molecule is CCOCCN(CC)CC(NC)(C(=O)OCC)C1CC1. The second-order valence-electron chi connectivity index (χ2n) is 5.28. The smallest absolute Gasteiger partial charge is 0.327 e. The Morgan fingerprint density at radius 1 is 1.30 bits per heavy atom. The van der Waals surface area contributed by atoms with Crippen LogP contribution in [0.4, 0.5) is 0 Å². The molecular weight excluding hydrogens is 256 g/mol. The van der Waals surface area contributed by atoms with E-state index in [9.17, 15) is 4.79 Å². The van der Waals surface area contributed by atoms with Crippen LogP contribution in [0.3, 0.4) is 0 Å². The summed E-state index contributed by atoms with van der Waals surface area (Å²) in [5, 5.41) is 3.26. The average molecular weight is 286 g/mol. The van der Waals surface area contributed by atoms with Gasteiger partial charge in [0.15, 0.2) is 0 Å². The van der Waals surface area contributed by atoms with Gasteiger partial charge >= 0.3 is 5.97 Å². The van der Waals surface area contributed by atoms with Crippen LogP contribution in [0.5, 0.6) is 0 Å². The molecule has 1 rings (SSSR count). The van der Waals surface area contributed by atoms with Crippen LogP contribution in [0.25, 0.3) is 0 Å². The lowest BCUT2D eigenvalue weighted by atomic mass is 9.92. The minimum Gasteiger partial charge on any atom is -0.465 e. The van der Waals surface area contributed by atoms with Crippen LogP contribution in [-0.4, -0.2) is 62.9 Å². The molecule has 0 aliphatic heterocycles. The predicted molar refractivity (Wildman–Crippen MR) is 79.8 cm³/mol. The fraction of sp³-hybridized carbons (Fsp3) is 0.933. The molecule has 20 heavy (non-hydrogen) atoms. The number of hydrogen-bond donors (Lipinski definition) is 1. The Hall–Kier alpha value is -0.650.